The predicted molar refractivity (Wildman–Crippen MR) is 132 cm³/mol. The van der Waals surface area contributed by atoms with Crippen molar-refractivity contribution in [2.24, 2.45) is 0 Å². The molecule has 204 valence electrons. The van der Waals surface area contributed by atoms with Crippen LogP contribution in [0.3, 0.4) is 0 Å². The summed E-state index contributed by atoms with van der Waals surface area (Å²) in [4.78, 5) is 40.1. The second kappa shape index (κ2) is 13.8. The van der Waals surface area contributed by atoms with E-state index in [4.69, 9.17) is 23.7 Å². The average Bonchev–Trinajstić information content (AvgIpc) is 3.44. The molecule has 1 aromatic rings. The van der Waals surface area contributed by atoms with Crippen LogP contribution in [0.4, 0.5) is 0 Å². The lowest BCUT2D eigenvalue weighted by Crippen LogP contribution is -2.52. The van der Waals surface area contributed by atoms with E-state index >= 15 is 0 Å². The fourth-order valence-corrected chi connectivity index (χ4v) is 4.71. The van der Waals surface area contributed by atoms with Crippen LogP contribution in [0.25, 0.3) is 0 Å². The summed E-state index contributed by atoms with van der Waals surface area (Å²) < 4.78 is 28.1. The standard InChI is InChI=1S/C26H37N3O8/c1-28-7-6-21(18-28)37-15-13-35-11-9-33-8-10-34-12-14-36-20-2-3-22-19(16-20)17-29(26(22)32)23-4-5-24(30)27-25(23)31/h2-3,16,21,23H,4-15,17-18H2,1H3,(H,27,30,31)/t21-,23?/m1/s1. The molecule has 3 aliphatic rings. The predicted octanol–water partition coefficient (Wildman–Crippen LogP) is 0.597. The quantitative estimate of drug-likeness (QED) is 0.263. The Morgan fingerprint density at radius 1 is 0.919 bits per heavy atom. The van der Waals surface area contributed by atoms with E-state index < -0.39 is 11.9 Å². The third kappa shape index (κ3) is 7.96. The number of nitrogens with zero attached hydrogens (tertiary/aromatic N) is 2. The minimum atomic E-state index is -0.623. The number of carbonyl (C=O) groups excluding carboxylic acids is 3. The van der Waals surface area contributed by atoms with Crippen molar-refractivity contribution in [2.75, 3.05) is 73.0 Å². The first-order chi connectivity index (χ1) is 18.0. The van der Waals surface area contributed by atoms with Gasteiger partial charge in [0.1, 0.15) is 18.4 Å². The Morgan fingerprint density at radius 3 is 2.30 bits per heavy atom. The Bertz CT molecular complexity index is 942. The molecule has 0 aliphatic carbocycles. The maximum absolute atomic E-state index is 12.7. The van der Waals surface area contributed by atoms with Crippen molar-refractivity contribution in [3.63, 3.8) is 0 Å². The molecule has 0 radical (unpaired) electrons. The van der Waals surface area contributed by atoms with Gasteiger partial charge in [-0.05, 0) is 43.7 Å². The van der Waals surface area contributed by atoms with Crippen LogP contribution in [-0.4, -0.2) is 113 Å². The highest BCUT2D eigenvalue weighted by Gasteiger charge is 2.39. The first-order valence-electron chi connectivity index (χ1n) is 12.9. The fraction of sp³-hybridized carbons (Fsp3) is 0.654. The lowest BCUT2D eigenvalue weighted by atomic mass is 10.0. The van der Waals surface area contributed by atoms with Crippen molar-refractivity contribution in [2.45, 2.75) is 38.0 Å². The average molecular weight is 520 g/mol. The number of piperidine rings is 1. The van der Waals surface area contributed by atoms with Crippen molar-refractivity contribution in [1.82, 2.24) is 15.1 Å². The van der Waals surface area contributed by atoms with E-state index in [2.05, 4.69) is 17.3 Å². The molecule has 2 atom stereocenters. The number of imide groups is 1. The van der Waals surface area contributed by atoms with Crippen LogP contribution in [0.15, 0.2) is 18.2 Å². The molecule has 11 nitrogen and oxygen atoms in total. The van der Waals surface area contributed by atoms with Gasteiger partial charge in [0.2, 0.25) is 11.8 Å². The molecule has 0 bridgehead atoms. The molecule has 0 spiro atoms. The van der Waals surface area contributed by atoms with Gasteiger partial charge < -0.3 is 33.5 Å². The number of amides is 3. The summed E-state index contributed by atoms with van der Waals surface area (Å²) in [5.74, 6) is -0.277. The molecule has 0 aromatic heterocycles. The van der Waals surface area contributed by atoms with Gasteiger partial charge in [0.15, 0.2) is 0 Å². The zero-order valence-corrected chi connectivity index (χ0v) is 21.4. The van der Waals surface area contributed by atoms with Gasteiger partial charge in [-0.2, -0.15) is 0 Å². The van der Waals surface area contributed by atoms with Gasteiger partial charge in [0, 0.05) is 31.6 Å². The SMILES string of the molecule is CN1CC[C@@H](OCCOCCOCCOCCOc2ccc3c(c2)CN(C2CCC(=O)NC2=O)C3=O)C1. The van der Waals surface area contributed by atoms with Crippen molar-refractivity contribution in [1.29, 1.82) is 0 Å². The number of hydrogen-bond donors (Lipinski definition) is 1. The Kier molecular flexibility index (Phi) is 10.3. The normalized spacial score (nSPS) is 22.0. The van der Waals surface area contributed by atoms with Gasteiger partial charge in [-0.15, -0.1) is 0 Å². The highest BCUT2D eigenvalue weighted by Crippen LogP contribution is 2.30. The third-order valence-corrected chi connectivity index (χ3v) is 6.66. The van der Waals surface area contributed by atoms with Crippen LogP contribution in [-0.2, 0) is 35.1 Å². The van der Waals surface area contributed by atoms with E-state index in [1.165, 1.54) is 4.90 Å². The second-order valence-corrected chi connectivity index (χ2v) is 9.45. The van der Waals surface area contributed by atoms with E-state index in [9.17, 15) is 14.4 Å². The molecule has 2 saturated heterocycles. The summed E-state index contributed by atoms with van der Waals surface area (Å²) in [7, 11) is 2.10. The molecule has 4 rings (SSSR count). The monoisotopic (exact) mass is 519 g/mol. The molecule has 3 aliphatic heterocycles. The number of nitrogens with one attached hydrogen (secondary N) is 1. The molecule has 37 heavy (non-hydrogen) atoms. The van der Waals surface area contributed by atoms with Crippen LogP contribution in [0.2, 0.25) is 0 Å². The molecule has 1 N–H and O–H groups in total. The minimum Gasteiger partial charge on any atom is -0.491 e. The number of benzene rings is 1. The number of rotatable bonds is 15. The molecule has 11 heteroatoms. The lowest BCUT2D eigenvalue weighted by molar-refractivity contribution is -0.136. The Balaban J connectivity index is 1.02. The van der Waals surface area contributed by atoms with Crippen LogP contribution >= 0.6 is 0 Å². The van der Waals surface area contributed by atoms with Gasteiger partial charge in [-0.3, -0.25) is 19.7 Å². The number of likely N-dealkylation sites (N-methyl/N-ethyl adjacent to an activating group) is 1. The number of carbonyl (C=O) groups is 3. The van der Waals surface area contributed by atoms with E-state index in [0.717, 1.165) is 25.1 Å². The zero-order chi connectivity index (χ0) is 26.0. The Morgan fingerprint density at radius 2 is 1.62 bits per heavy atom. The summed E-state index contributed by atoms with van der Waals surface area (Å²) in [5.41, 5.74) is 1.37. The van der Waals surface area contributed by atoms with Gasteiger partial charge in [0.25, 0.3) is 5.91 Å². The summed E-state index contributed by atoms with van der Waals surface area (Å²) >= 11 is 0. The van der Waals surface area contributed by atoms with Crippen molar-refractivity contribution < 1.29 is 38.1 Å². The Hall–Kier alpha value is -2.57. The molecule has 2 fully saturated rings. The number of likely N-dealkylation sites (tertiary alicyclic amines) is 1. The number of hydrogen-bond acceptors (Lipinski definition) is 9. The molecule has 3 heterocycles. The van der Waals surface area contributed by atoms with Crippen LogP contribution in [0.1, 0.15) is 35.2 Å². The van der Waals surface area contributed by atoms with Crippen molar-refractivity contribution >= 4 is 17.7 Å². The van der Waals surface area contributed by atoms with Crippen LogP contribution < -0.4 is 10.1 Å². The van der Waals surface area contributed by atoms with E-state index in [-0.39, 0.29) is 18.2 Å². The number of fused-ring (bicyclic) bond motifs is 1. The lowest BCUT2D eigenvalue weighted by Gasteiger charge is -2.29. The Labute approximate surface area is 217 Å². The van der Waals surface area contributed by atoms with Crippen LogP contribution in [0, 0.1) is 0 Å². The summed E-state index contributed by atoms with van der Waals surface area (Å²) in [6.45, 7) is 6.34. The third-order valence-electron chi connectivity index (χ3n) is 6.66. The molecule has 1 aromatic carbocycles. The minimum absolute atomic E-state index is 0.199. The molecule has 0 saturated carbocycles. The van der Waals surface area contributed by atoms with Gasteiger partial charge in [-0.25, -0.2) is 0 Å². The van der Waals surface area contributed by atoms with E-state index in [0.29, 0.717) is 83.2 Å². The first-order valence-corrected chi connectivity index (χ1v) is 12.9. The summed E-state index contributed by atoms with van der Waals surface area (Å²) in [6, 6.07) is 4.65. The maximum Gasteiger partial charge on any atom is 0.255 e. The topological polar surface area (TPSA) is 116 Å². The summed E-state index contributed by atoms with van der Waals surface area (Å²) in [5, 5.41) is 2.31. The highest BCUT2D eigenvalue weighted by molar-refractivity contribution is 6.05. The van der Waals surface area contributed by atoms with Crippen LogP contribution in [0.5, 0.6) is 5.75 Å². The maximum atomic E-state index is 12.7. The van der Waals surface area contributed by atoms with Gasteiger partial charge in [0.05, 0.1) is 52.4 Å². The number of ether oxygens (including phenoxy) is 5. The van der Waals surface area contributed by atoms with E-state index in [1.807, 2.05) is 6.07 Å². The highest BCUT2D eigenvalue weighted by atomic mass is 16.6. The molecular formula is C26H37N3O8. The molecular weight excluding hydrogens is 482 g/mol. The fourth-order valence-electron chi connectivity index (χ4n) is 4.71. The van der Waals surface area contributed by atoms with Crippen molar-refractivity contribution in [3.05, 3.63) is 29.3 Å². The summed E-state index contributed by atoms with van der Waals surface area (Å²) in [6.07, 6.45) is 1.99. The van der Waals surface area contributed by atoms with Crippen molar-refractivity contribution in [3.8, 4) is 5.75 Å². The zero-order valence-electron chi connectivity index (χ0n) is 21.4. The van der Waals surface area contributed by atoms with Gasteiger partial charge >= 0.3 is 0 Å². The largest absolute Gasteiger partial charge is 0.491 e. The molecule has 3 amide bonds. The van der Waals surface area contributed by atoms with Gasteiger partial charge in [-0.1, -0.05) is 0 Å². The first kappa shape index (κ1) is 27.5. The van der Waals surface area contributed by atoms with E-state index in [1.54, 1.807) is 12.1 Å². The smallest absolute Gasteiger partial charge is 0.255 e. The molecule has 1 unspecified atom stereocenters. The second-order valence-electron chi connectivity index (χ2n) is 9.45.